The summed E-state index contributed by atoms with van der Waals surface area (Å²) in [6, 6.07) is 14.5. The Labute approximate surface area is 197 Å². The number of nitrogens with zero attached hydrogens (tertiary/aromatic N) is 4. The number of carbonyl (C=O) groups excluding carboxylic acids is 2. The van der Waals surface area contributed by atoms with E-state index in [-0.39, 0.29) is 12.6 Å². The summed E-state index contributed by atoms with van der Waals surface area (Å²) in [5, 5.41) is 8.62. The summed E-state index contributed by atoms with van der Waals surface area (Å²) in [7, 11) is 3.10. The van der Waals surface area contributed by atoms with Gasteiger partial charge in [-0.05, 0) is 23.8 Å². The number of nitrogens with one attached hydrogen (secondary N) is 1. The highest BCUT2D eigenvalue weighted by Gasteiger charge is 2.32. The zero-order chi connectivity index (χ0) is 23.9. The van der Waals surface area contributed by atoms with E-state index < -0.39 is 12.3 Å². The van der Waals surface area contributed by atoms with Crippen molar-refractivity contribution in [2.45, 2.75) is 12.6 Å². The van der Waals surface area contributed by atoms with E-state index in [1.165, 1.54) is 16.1 Å². The minimum atomic E-state index is -0.787. The molecule has 0 bridgehead atoms. The highest BCUT2D eigenvalue weighted by Crippen LogP contribution is 2.28. The number of methoxy groups -OCH3 is 2. The van der Waals surface area contributed by atoms with Crippen LogP contribution < -0.4 is 14.8 Å². The molecule has 2 aliphatic rings. The van der Waals surface area contributed by atoms with E-state index in [2.05, 4.69) is 15.4 Å². The molecule has 0 fully saturated rings. The van der Waals surface area contributed by atoms with Crippen molar-refractivity contribution in [1.82, 2.24) is 15.2 Å². The Kier molecular flexibility index (Phi) is 7.07. The van der Waals surface area contributed by atoms with Crippen LogP contribution in [0, 0.1) is 0 Å². The number of hydrogen-bond donors (Lipinski definition) is 1. The Morgan fingerprint density at radius 1 is 1.15 bits per heavy atom. The number of hydrogen-bond acceptors (Lipinski definition) is 7. The van der Waals surface area contributed by atoms with Crippen molar-refractivity contribution >= 4 is 24.1 Å². The van der Waals surface area contributed by atoms with Crippen LogP contribution in [0.5, 0.6) is 11.5 Å². The molecule has 34 heavy (non-hydrogen) atoms. The predicted molar refractivity (Wildman–Crippen MR) is 126 cm³/mol. The summed E-state index contributed by atoms with van der Waals surface area (Å²) < 4.78 is 16.1. The number of rotatable bonds is 7. The molecule has 10 nitrogen and oxygen atoms in total. The van der Waals surface area contributed by atoms with Crippen LogP contribution in [-0.2, 0) is 11.2 Å². The van der Waals surface area contributed by atoms with E-state index in [0.29, 0.717) is 35.7 Å². The summed E-state index contributed by atoms with van der Waals surface area (Å²) in [6.07, 6.45) is 3.61. The van der Waals surface area contributed by atoms with Gasteiger partial charge in [-0.3, -0.25) is 9.89 Å². The average molecular weight is 463 g/mol. The van der Waals surface area contributed by atoms with Gasteiger partial charge in [0.25, 0.3) is 0 Å². The fourth-order valence-electron chi connectivity index (χ4n) is 3.54. The number of benzene rings is 2. The number of ether oxygens (including phenoxy) is 3. The van der Waals surface area contributed by atoms with Crippen LogP contribution >= 0.6 is 0 Å². The lowest BCUT2D eigenvalue weighted by atomic mass is 10.1. The number of urea groups is 1. The monoisotopic (exact) mass is 463 g/mol. The van der Waals surface area contributed by atoms with Crippen molar-refractivity contribution in [1.29, 1.82) is 0 Å². The lowest BCUT2D eigenvalue weighted by molar-refractivity contribution is 0.0814. The minimum absolute atomic E-state index is 0.0118. The molecule has 2 aliphatic heterocycles. The maximum Gasteiger partial charge on any atom is 0.432 e. The van der Waals surface area contributed by atoms with E-state index in [1.807, 2.05) is 30.3 Å². The number of amides is 3. The Bertz CT molecular complexity index is 1130. The quantitative estimate of drug-likeness (QED) is 0.680. The molecule has 0 saturated heterocycles. The third-order valence-electron chi connectivity index (χ3n) is 5.30. The largest absolute Gasteiger partial charge is 0.493 e. The van der Waals surface area contributed by atoms with Gasteiger partial charge in [0.1, 0.15) is 18.5 Å². The second-order valence-corrected chi connectivity index (χ2v) is 7.45. The maximum absolute atomic E-state index is 12.9. The summed E-state index contributed by atoms with van der Waals surface area (Å²) in [4.78, 5) is 31.1. The minimum Gasteiger partial charge on any atom is -0.493 e. The Hall–Kier alpha value is -4.34. The summed E-state index contributed by atoms with van der Waals surface area (Å²) in [6.45, 7) is 0.313. The molecule has 1 atom stereocenters. The van der Waals surface area contributed by atoms with Gasteiger partial charge in [0.2, 0.25) is 0 Å². The average Bonchev–Trinajstić information content (AvgIpc) is 2.89. The fraction of sp³-hybridized carbons (Fsp3) is 0.250. The maximum atomic E-state index is 12.9. The van der Waals surface area contributed by atoms with Crippen LogP contribution in [0.15, 0.2) is 71.0 Å². The smallest absolute Gasteiger partial charge is 0.432 e. The van der Waals surface area contributed by atoms with Gasteiger partial charge < -0.3 is 19.5 Å². The van der Waals surface area contributed by atoms with Gasteiger partial charge in [0.05, 0.1) is 20.8 Å². The lowest BCUT2D eigenvalue weighted by Crippen LogP contribution is -2.54. The summed E-state index contributed by atoms with van der Waals surface area (Å²) in [5.74, 6) is 1.10. The molecule has 0 spiro atoms. The van der Waals surface area contributed by atoms with Crippen LogP contribution in [0.1, 0.15) is 11.1 Å². The second kappa shape index (κ2) is 10.5. The lowest BCUT2D eigenvalue weighted by Gasteiger charge is -2.32. The van der Waals surface area contributed by atoms with Gasteiger partial charge in [-0.1, -0.05) is 30.3 Å². The first kappa shape index (κ1) is 22.8. The molecular formula is C24H25N5O5. The fourth-order valence-corrected chi connectivity index (χ4v) is 3.54. The second-order valence-electron chi connectivity index (χ2n) is 7.45. The molecule has 0 aliphatic carbocycles. The Morgan fingerprint density at radius 2 is 1.94 bits per heavy atom. The first-order valence-electron chi connectivity index (χ1n) is 10.6. The van der Waals surface area contributed by atoms with Crippen LogP contribution in [0.25, 0.3) is 0 Å². The van der Waals surface area contributed by atoms with Crippen molar-refractivity contribution in [3.63, 3.8) is 0 Å². The summed E-state index contributed by atoms with van der Waals surface area (Å²) in [5.41, 5.74) is 2.14. The Morgan fingerprint density at radius 3 is 2.65 bits per heavy atom. The first-order chi connectivity index (χ1) is 16.6. The van der Waals surface area contributed by atoms with E-state index in [4.69, 9.17) is 14.2 Å². The molecular weight excluding hydrogens is 438 g/mol. The molecule has 1 unspecified atom stereocenters. The van der Waals surface area contributed by atoms with Crippen molar-refractivity contribution in [2.75, 3.05) is 27.4 Å². The SMILES string of the molecule is COc1ccc(C2=NN(C(Cc3ccccc3)NC(=O)N3C=CN=CC3)C(=O)OC2)cc1OC. The molecule has 176 valence electrons. The van der Waals surface area contributed by atoms with Gasteiger partial charge in [-0.25, -0.2) is 9.59 Å². The van der Waals surface area contributed by atoms with E-state index in [9.17, 15) is 9.59 Å². The standard InChI is InChI=1S/C24H25N5O5/c1-32-20-9-8-18(15-21(20)33-2)19-16-34-24(31)29(27-19)22(14-17-6-4-3-5-7-17)26-23(30)28-12-10-25-11-13-28/h3-12,15,22H,13-14,16H2,1-2H3,(H,26,30). The van der Waals surface area contributed by atoms with E-state index in [0.717, 1.165) is 5.56 Å². The molecule has 4 rings (SSSR count). The van der Waals surface area contributed by atoms with Crippen LogP contribution in [0.2, 0.25) is 0 Å². The van der Waals surface area contributed by atoms with Crippen molar-refractivity contribution in [3.05, 3.63) is 72.1 Å². The highest BCUT2D eigenvalue weighted by molar-refractivity contribution is 6.04. The molecule has 2 aromatic rings. The third kappa shape index (κ3) is 5.17. The predicted octanol–water partition coefficient (Wildman–Crippen LogP) is 3.00. The first-order valence-corrected chi connectivity index (χ1v) is 10.6. The number of hydrazone groups is 1. The molecule has 0 radical (unpaired) electrons. The third-order valence-corrected chi connectivity index (χ3v) is 5.30. The normalized spacial score (nSPS) is 15.9. The van der Waals surface area contributed by atoms with Gasteiger partial charge >= 0.3 is 12.1 Å². The molecule has 3 amide bonds. The van der Waals surface area contributed by atoms with Crippen LogP contribution in [0.3, 0.4) is 0 Å². The topological polar surface area (TPSA) is 105 Å². The van der Waals surface area contributed by atoms with Gasteiger partial charge in [0, 0.05) is 30.6 Å². The van der Waals surface area contributed by atoms with Gasteiger partial charge in [0.15, 0.2) is 11.5 Å². The molecule has 0 saturated carbocycles. The number of carbonyl (C=O) groups is 2. The van der Waals surface area contributed by atoms with Crippen molar-refractivity contribution in [2.24, 2.45) is 10.1 Å². The number of aliphatic imine (C=N–C) groups is 1. The van der Waals surface area contributed by atoms with Crippen molar-refractivity contribution < 1.29 is 23.8 Å². The molecule has 2 aromatic carbocycles. The van der Waals surface area contributed by atoms with E-state index >= 15 is 0 Å². The van der Waals surface area contributed by atoms with E-state index in [1.54, 1.807) is 44.8 Å². The molecule has 10 heteroatoms. The van der Waals surface area contributed by atoms with Crippen molar-refractivity contribution in [3.8, 4) is 11.5 Å². The van der Waals surface area contributed by atoms with Crippen LogP contribution in [-0.4, -0.2) is 67.5 Å². The number of cyclic esters (lactones) is 1. The summed E-state index contributed by atoms with van der Waals surface area (Å²) >= 11 is 0. The van der Waals surface area contributed by atoms with Gasteiger partial charge in [-0.2, -0.15) is 10.1 Å². The molecule has 2 heterocycles. The van der Waals surface area contributed by atoms with Gasteiger partial charge in [-0.15, -0.1) is 0 Å². The zero-order valence-corrected chi connectivity index (χ0v) is 18.9. The Balaban J connectivity index is 1.64. The van der Waals surface area contributed by atoms with Crippen LogP contribution in [0.4, 0.5) is 9.59 Å². The highest BCUT2D eigenvalue weighted by atomic mass is 16.6. The molecule has 1 N–H and O–H groups in total. The molecule has 0 aromatic heterocycles. The zero-order valence-electron chi connectivity index (χ0n) is 18.9.